The Morgan fingerprint density at radius 2 is 2.16 bits per heavy atom. The minimum atomic E-state index is -0.455. The van der Waals surface area contributed by atoms with Gasteiger partial charge in [0.25, 0.3) is 0 Å². The molecule has 0 aliphatic carbocycles. The van der Waals surface area contributed by atoms with Gasteiger partial charge in [0, 0.05) is 49.8 Å². The Morgan fingerprint density at radius 3 is 2.74 bits per heavy atom. The monoisotopic (exact) mass is 287 g/mol. The number of hydrogen-bond donors (Lipinski definition) is 1. The van der Waals surface area contributed by atoms with Crippen LogP contribution in [0.25, 0.3) is 0 Å². The standard InChI is InChI=1S/C14H19ClFNO2/c1-18-14(5-7-19-8-6-14)13(17)9-10-11(15)3-2-4-12(10)16/h2-4,13H,5-9,17H2,1H3. The van der Waals surface area contributed by atoms with Crippen molar-refractivity contribution in [1.29, 1.82) is 0 Å². The molecule has 1 unspecified atom stereocenters. The van der Waals surface area contributed by atoms with Gasteiger partial charge >= 0.3 is 0 Å². The fourth-order valence-corrected chi connectivity index (χ4v) is 2.82. The molecule has 0 spiro atoms. The molecule has 0 amide bonds. The van der Waals surface area contributed by atoms with Crippen LogP contribution in [0.4, 0.5) is 4.39 Å². The smallest absolute Gasteiger partial charge is 0.127 e. The predicted octanol–water partition coefficient (Wildman–Crippen LogP) is 2.54. The third kappa shape index (κ3) is 3.08. The summed E-state index contributed by atoms with van der Waals surface area (Å²) < 4.78 is 24.8. The highest BCUT2D eigenvalue weighted by Crippen LogP contribution is 2.31. The lowest BCUT2D eigenvalue weighted by Crippen LogP contribution is -2.54. The molecule has 0 bridgehead atoms. The maximum absolute atomic E-state index is 13.8. The van der Waals surface area contributed by atoms with Crippen LogP contribution < -0.4 is 5.73 Å². The minimum Gasteiger partial charge on any atom is -0.381 e. The molecule has 1 heterocycles. The Morgan fingerprint density at radius 1 is 1.47 bits per heavy atom. The Labute approximate surface area is 117 Å². The highest BCUT2D eigenvalue weighted by Gasteiger charge is 2.39. The van der Waals surface area contributed by atoms with Crippen molar-refractivity contribution in [2.24, 2.45) is 5.73 Å². The van der Waals surface area contributed by atoms with Gasteiger partial charge in [-0.1, -0.05) is 17.7 Å². The van der Waals surface area contributed by atoms with Crippen LogP contribution in [0.2, 0.25) is 5.02 Å². The molecule has 1 aliphatic heterocycles. The summed E-state index contributed by atoms with van der Waals surface area (Å²) in [7, 11) is 1.65. The van der Waals surface area contributed by atoms with Crippen LogP contribution in [-0.4, -0.2) is 32.0 Å². The SMILES string of the molecule is COC1(C(N)Cc2c(F)cccc2Cl)CCOCC1. The largest absolute Gasteiger partial charge is 0.381 e. The third-order valence-electron chi connectivity index (χ3n) is 3.91. The second kappa shape index (κ2) is 6.18. The van der Waals surface area contributed by atoms with E-state index in [2.05, 4.69) is 0 Å². The Kier molecular flexibility index (Phi) is 4.79. The molecule has 5 heteroatoms. The van der Waals surface area contributed by atoms with Gasteiger partial charge in [0.2, 0.25) is 0 Å². The fourth-order valence-electron chi connectivity index (χ4n) is 2.58. The molecule has 1 aromatic rings. The summed E-state index contributed by atoms with van der Waals surface area (Å²) in [6.45, 7) is 1.24. The van der Waals surface area contributed by atoms with E-state index in [9.17, 15) is 4.39 Å². The van der Waals surface area contributed by atoms with Crippen molar-refractivity contribution in [2.75, 3.05) is 20.3 Å². The van der Waals surface area contributed by atoms with Crippen molar-refractivity contribution in [3.8, 4) is 0 Å². The molecule has 106 valence electrons. The average Bonchev–Trinajstić information content (AvgIpc) is 2.43. The van der Waals surface area contributed by atoms with E-state index in [1.165, 1.54) is 6.07 Å². The number of ether oxygens (including phenoxy) is 2. The number of nitrogens with two attached hydrogens (primary N) is 1. The van der Waals surface area contributed by atoms with Gasteiger partial charge in [-0.15, -0.1) is 0 Å². The second-order valence-corrected chi connectivity index (χ2v) is 5.30. The summed E-state index contributed by atoms with van der Waals surface area (Å²) in [5.41, 5.74) is 6.26. The summed E-state index contributed by atoms with van der Waals surface area (Å²) in [6.07, 6.45) is 1.80. The van der Waals surface area contributed by atoms with Crippen molar-refractivity contribution >= 4 is 11.6 Å². The second-order valence-electron chi connectivity index (χ2n) is 4.89. The van der Waals surface area contributed by atoms with Crippen molar-refractivity contribution in [1.82, 2.24) is 0 Å². The summed E-state index contributed by atoms with van der Waals surface area (Å²) in [5, 5.41) is 0.411. The highest BCUT2D eigenvalue weighted by atomic mass is 35.5. The van der Waals surface area contributed by atoms with Crippen molar-refractivity contribution in [3.63, 3.8) is 0 Å². The third-order valence-corrected chi connectivity index (χ3v) is 4.26. The molecule has 3 nitrogen and oxygen atoms in total. The van der Waals surface area contributed by atoms with Gasteiger partial charge in [-0.25, -0.2) is 4.39 Å². The zero-order valence-electron chi connectivity index (χ0n) is 11.0. The zero-order valence-corrected chi connectivity index (χ0v) is 11.8. The van der Waals surface area contributed by atoms with Crippen LogP contribution in [0.3, 0.4) is 0 Å². The summed E-state index contributed by atoms with van der Waals surface area (Å²) >= 11 is 6.04. The quantitative estimate of drug-likeness (QED) is 0.925. The van der Waals surface area contributed by atoms with Crippen LogP contribution in [0.1, 0.15) is 18.4 Å². The molecule has 2 N–H and O–H groups in total. The molecule has 0 aromatic heterocycles. The first kappa shape index (κ1) is 14.7. The summed E-state index contributed by atoms with van der Waals surface area (Å²) in [4.78, 5) is 0. The molecule has 19 heavy (non-hydrogen) atoms. The van der Waals surface area contributed by atoms with Crippen molar-refractivity contribution < 1.29 is 13.9 Å². The Balaban J connectivity index is 2.17. The topological polar surface area (TPSA) is 44.5 Å². The highest BCUT2D eigenvalue weighted by molar-refractivity contribution is 6.31. The Hall–Kier alpha value is -0.680. The van der Waals surface area contributed by atoms with Crippen molar-refractivity contribution in [2.45, 2.75) is 30.9 Å². The molecule has 1 aromatic carbocycles. The molecular formula is C14H19ClFNO2. The molecule has 1 atom stereocenters. The van der Waals surface area contributed by atoms with Gasteiger partial charge < -0.3 is 15.2 Å². The van der Waals surface area contributed by atoms with Crippen LogP contribution >= 0.6 is 11.6 Å². The lowest BCUT2D eigenvalue weighted by molar-refractivity contribution is -0.103. The van der Waals surface area contributed by atoms with E-state index in [0.29, 0.717) is 30.2 Å². The molecular weight excluding hydrogens is 269 g/mol. The lowest BCUT2D eigenvalue weighted by Gasteiger charge is -2.40. The van der Waals surface area contributed by atoms with Gasteiger partial charge in [0.05, 0.1) is 5.60 Å². The molecule has 1 aliphatic rings. The molecule has 0 radical (unpaired) electrons. The lowest BCUT2D eigenvalue weighted by atomic mass is 9.83. The number of benzene rings is 1. The number of rotatable bonds is 4. The first-order valence-corrected chi connectivity index (χ1v) is 6.78. The molecule has 0 saturated carbocycles. The van der Waals surface area contributed by atoms with Crippen LogP contribution in [0.5, 0.6) is 0 Å². The summed E-state index contributed by atoms with van der Waals surface area (Å²) in [5.74, 6) is -0.318. The van der Waals surface area contributed by atoms with E-state index in [1.54, 1.807) is 19.2 Å². The van der Waals surface area contributed by atoms with E-state index in [0.717, 1.165) is 12.8 Å². The van der Waals surface area contributed by atoms with Gasteiger partial charge in [-0.05, 0) is 18.6 Å². The van der Waals surface area contributed by atoms with E-state index in [1.807, 2.05) is 0 Å². The first-order valence-electron chi connectivity index (χ1n) is 6.40. The zero-order chi connectivity index (χ0) is 13.9. The first-order chi connectivity index (χ1) is 9.09. The maximum Gasteiger partial charge on any atom is 0.127 e. The van der Waals surface area contributed by atoms with Crippen LogP contribution in [0.15, 0.2) is 18.2 Å². The molecule has 2 rings (SSSR count). The van der Waals surface area contributed by atoms with Gasteiger partial charge in [0.15, 0.2) is 0 Å². The van der Waals surface area contributed by atoms with E-state index < -0.39 is 5.60 Å². The summed E-state index contributed by atoms with van der Waals surface area (Å²) in [6, 6.07) is 4.36. The van der Waals surface area contributed by atoms with Gasteiger partial charge in [-0.2, -0.15) is 0 Å². The Bertz CT molecular complexity index is 415. The normalized spacial score (nSPS) is 20.2. The molecule has 1 fully saturated rings. The van der Waals surface area contributed by atoms with E-state index in [-0.39, 0.29) is 11.9 Å². The van der Waals surface area contributed by atoms with Gasteiger partial charge in [0.1, 0.15) is 5.82 Å². The number of hydrogen-bond acceptors (Lipinski definition) is 3. The average molecular weight is 288 g/mol. The maximum atomic E-state index is 13.8. The minimum absolute atomic E-state index is 0.309. The number of methoxy groups -OCH3 is 1. The predicted molar refractivity (Wildman–Crippen MR) is 72.9 cm³/mol. The van der Waals surface area contributed by atoms with Crippen molar-refractivity contribution in [3.05, 3.63) is 34.6 Å². The van der Waals surface area contributed by atoms with Crippen LogP contribution in [0, 0.1) is 5.82 Å². The van der Waals surface area contributed by atoms with Crippen LogP contribution in [-0.2, 0) is 15.9 Å². The van der Waals surface area contributed by atoms with E-state index >= 15 is 0 Å². The number of halogens is 2. The van der Waals surface area contributed by atoms with Gasteiger partial charge in [-0.3, -0.25) is 0 Å². The van der Waals surface area contributed by atoms with E-state index in [4.69, 9.17) is 26.8 Å². The molecule has 1 saturated heterocycles. The fraction of sp³-hybridized carbons (Fsp3) is 0.571.